The molecule has 0 unspecified atom stereocenters. The fourth-order valence-corrected chi connectivity index (χ4v) is 3.27. The van der Waals surface area contributed by atoms with Crippen molar-refractivity contribution in [1.82, 2.24) is 15.6 Å². The van der Waals surface area contributed by atoms with E-state index >= 15 is 0 Å². The molecule has 1 amide bonds. The molecule has 0 aliphatic heterocycles. The number of rotatable bonds is 6. The van der Waals surface area contributed by atoms with Gasteiger partial charge in [-0.1, -0.05) is 6.07 Å². The van der Waals surface area contributed by atoms with Gasteiger partial charge in [-0.3, -0.25) is 4.79 Å². The fraction of sp³-hybridized carbons (Fsp3) is 0.278. The molecule has 0 saturated heterocycles. The molecule has 1 aliphatic carbocycles. The van der Waals surface area contributed by atoms with E-state index < -0.39 is 0 Å². The van der Waals surface area contributed by atoms with Gasteiger partial charge in [0.05, 0.1) is 0 Å². The average molecular weight is 355 g/mol. The molecule has 25 heavy (non-hydrogen) atoms. The van der Waals surface area contributed by atoms with Crippen molar-refractivity contribution in [3.8, 4) is 0 Å². The smallest absolute Gasteiger partial charge is 0.336 e. The van der Waals surface area contributed by atoms with Gasteiger partial charge in [0.1, 0.15) is 16.3 Å². The Labute approximate surface area is 147 Å². The van der Waals surface area contributed by atoms with Crippen LogP contribution in [0.3, 0.4) is 0 Å². The number of carbonyl (C=O) groups excluding carboxylic acids is 1. The molecule has 3 aromatic rings. The average Bonchev–Trinajstić information content (AvgIpc) is 3.29. The zero-order valence-electron chi connectivity index (χ0n) is 13.5. The molecule has 0 radical (unpaired) electrons. The van der Waals surface area contributed by atoms with Crippen molar-refractivity contribution >= 4 is 28.2 Å². The molecule has 1 aliphatic rings. The lowest BCUT2D eigenvalue weighted by Crippen LogP contribution is -2.25. The number of hydrogen-bond donors (Lipinski definition) is 2. The van der Waals surface area contributed by atoms with Crippen LogP contribution in [0.2, 0.25) is 0 Å². The van der Waals surface area contributed by atoms with E-state index in [4.69, 9.17) is 4.42 Å². The Morgan fingerprint density at radius 1 is 1.24 bits per heavy atom. The van der Waals surface area contributed by atoms with Gasteiger partial charge in [0.25, 0.3) is 5.91 Å². The Morgan fingerprint density at radius 2 is 2.12 bits per heavy atom. The second-order valence-corrected chi connectivity index (χ2v) is 7.05. The molecule has 6 nitrogen and oxygen atoms in total. The van der Waals surface area contributed by atoms with Crippen LogP contribution >= 0.6 is 11.3 Å². The summed E-state index contributed by atoms with van der Waals surface area (Å²) in [5.41, 5.74) is 1.82. The number of nitrogens with one attached hydrogen (secondary N) is 2. The minimum atomic E-state index is -0.344. The highest BCUT2D eigenvalue weighted by Gasteiger charge is 2.24. The van der Waals surface area contributed by atoms with Crippen molar-refractivity contribution in [2.45, 2.75) is 32.0 Å². The monoisotopic (exact) mass is 355 g/mol. The van der Waals surface area contributed by atoms with Crippen LogP contribution in [0.4, 0.5) is 0 Å². The van der Waals surface area contributed by atoms with E-state index in [9.17, 15) is 9.59 Å². The van der Waals surface area contributed by atoms with Crippen molar-refractivity contribution in [2.24, 2.45) is 0 Å². The maximum atomic E-state index is 11.9. The van der Waals surface area contributed by atoms with Crippen molar-refractivity contribution in [1.29, 1.82) is 0 Å². The first-order valence-electron chi connectivity index (χ1n) is 8.16. The first kappa shape index (κ1) is 16.0. The van der Waals surface area contributed by atoms with E-state index in [1.54, 1.807) is 17.5 Å². The largest absolute Gasteiger partial charge is 0.423 e. The first-order chi connectivity index (χ1) is 12.2. The Morgan fingerprint density at radius 3 is 2.96 bits per heavy atom. The highest BCUT2D eigenvalue weighted by molar-refractivity contribution is 7.09. The fourth-order valence-electron chi connectivity index (χ4n) is 2.53. The van der Waals surface area contributed by atoms with Gasteiger partial charge < -0.3 is 15.1 Å². The SMILES string of the molecule is O=C(NC1CC1)c1csc(CNCc2ccc3oc(=O)ccc3c2)n1. The van der Waals surface area contributed by atoms with Crippen LogP contribution in [0.25, 0.3) is 11.0 Å². The van der Waals surface area contributed by atoms with Crippen molar-refractivity contribution in [3.63, 3.8) is 0 Å². The molecule has 128 valence electrons. The number of carbonyl (C=O) groups is 1. The van der Waals surface area contributed by atoms with E-state index in [-0.39, 0.29) is 11.5 Å². The molecular weight excluding hydrogens is 338 g/mol. The molecule has 2 N–H and O–H groups in total. The third-order valence-electron chi connectivity index (χ3n) is 3.99. The quantitative estimate of drug-likeness (QED) is 0.664. The van der Waals surface area contributed by atoms with Gasteiger partial charge in [0.15, 0.2) is 0 Å². The van der Waals surface area contributed by atoms with E-state index in [1.165, 1.54) is 17.4 Å². The molecule has 2 heterocycles. The molecule has 1 aromatic carbocycles. The van der Waals surface area contributed by atoms with Gasteiger partial charge >= 0.3 is 5.63 Å². The summed E-state index contributed by atoms with van der Waals surface area (Å²) in [6, 6.07) is 9.24. The zero-order chi connectivity index (χ0) is 17.2. The van der Waals surface area contributed by atoms with Gasteiger partial charge in [-0.2, -0.15) is 0 Å². The number of hydrogen-bond acceptors (Lipinski definition) is 6. The molecule has 2 aromatic heterocycles. The molecule has 1 saturated carbocycles. The molecule has 0 spiro atoms. The van der Waals surface area contributed by atoms with Crippen LogP contribution in [0.5, 0.6) is 0 Å². The van der Waals surface area contributed by atoms with Crippen LogP contribution in [-0.4, -0.2) is 16.9 Å². The first-order valence-corrected chi connectivity index (χ1v) is 9.04. The predicted octanol–water partition coefficient (Wildman–Crippen LogP) is 2.43. The topological polar surface area (TPSA) is 84.2 Å². The highest BCUT2D eigenvalue weighted by Crippen LogP contribution is 2.20. The zero-order valence-corrected chi connectivity index (χ0v) is 14.3. The van der Waals surface area contributed by atoms with E-state index in [1.807, 2.05) is 12.1 Å². The van der Waals surface area contributed by atoms with Crippen molar-refractivity contribution in [3.05, 3.63) is 62.4 Å². The van der Waals surface area contributed by atoms with Crippen LogP contribution in [0.1, 0.15) is 33.9 Å². The van der Waals surface area contributed by atoms with Crippen LogP contribution in [-0.2, 0) is 13.1 Å². The van der Waals surface area contributed by atoms with Gasteiger partial charge in [0, 0.05) is 36.0 Å². The summed E-state index contributed by atoms with van der Waals surface area (Å²) in [6.07, 6.45) is 2.14. The molecule has 4 rings (SSSR count). The van der Waals surface area contributed by atoms with Crippen molar-refractivity contribution < 1.29 is 9.21 Å². The van der Waals surface area contributed by atoms with Crippen LogP contribution in [0, 0.1) is 0 Å². The number of fused-ring (bicyclic) bond motifs is 1. The maximum absolute atomic E-state index is 11.9. The van der Waals surface area contributed by atoms with Gasteiger partial charge in [-0.25, -0.2) is 9.78 Å². The van der Waals surface area contributed by atoms with E-state index in [2.05, 4.69) is 15.6 Å². The summed E-state index contributed by atoms with van der Waals surface area (Å²) in [4.78, 5) is 27.5. The summed E-state index contributed by atoms with van der Waals surface area (Å²) < 4.78 is 5.13. The minimum Gasteiger partial charge on any atom is -0.423 e. The predicted molar refractivity (Wildman–Crippen MR) is 95.6 cm³/mol. The molecule has 0 atom stereocenters. The Balaban J connectivity index is 1.34. The maximum Gasteiger partial charge on any atom is 0.336 e. The number of benzene rings is 1. The third kappa shape index (κ3) is 3.94. The number of thiazole rings is 1. The Kier molecular flexibility index (Phi) is 4.33. The second kappa shape index (κ2) is 6.78. The van der Waals surface area contributed by atoms with E-state index in [0.717, 1.165) is 28.8 Å². The van der Waals surface area contributed by atoms with Gasteiger partial charge in [0.2, 0.25) is 0 Å². The molecule has 7 heteroatoms. The van der Waals surface area contributed by atoms with Crippen molar-refractivity contribution in [2.75, 3.05) is 0 Å². The van der Waals surface area contributed by atoms with Gasteiger partial charge in [-0.15, -0.1) is 11.3 Å². The number of amides is 1. The van der Waals surface area contributed by atoms with Crippen LogP contribution < -0.4 is 16.3 Å². The summed E-state index contributed by atoms with van der Waals surface area (Å²) in [7, 11) is 0. The van der Waals surface area contributed by atoms with E-state index in [0.29, 0.717) is 30.4 Å². The normalized spacial score (nSPS) is 13.9. The standard InChI is InChI=1S/C18H17N3O3S/c22-17-6-2-12-7-11(1-5-15(12)24-17)8-19-9-16-21-14(10-25-16)18(23)20-13-3-4-13/h1-2,5-7,10,13,19H,3-4,8-9H2,(H,20,23). The summed E-state index contributed by atoms with van der Waals surface area (Å²) in [6.45, 7) is 1.27. The molecule has 1 fully saturated rings. The molecule has 0 bridgehead atoms. The third-order valence-corrected chi connectivity index (χ3v) is 4.83. The lowest BCUT2D eigenvalue weighted by atomic mass is 10.1. The lowest BCUT2D eigenvalue weighted by molar-refractivity contribution is 0.0946. The minimum absolute atomic E-state index is 0.0824. The second-order valence-electron chi connectivity index (χ2n) is 6.10. The Hall–Kier alpha value is -2.51. The summed E-state index contributed by atoms with van der Waals surface area (Å²) in [5, 5.41) is 9.84. The summed E-state index contributed by atoms with van der Waals surface area (Å²) >= 11 is 1.48. The van der Waals surface area contributed by atoms with Gasteiger partial charge in [-0.05, 0) is 36.6 Å². The lowest BCUT2D eigenvalue weighted by Gasteiger charge is -2.04. The molecular formula is C18H17N3O3S. The highest BCUT2D eigenvalue weighted by atomic mass is 32.1. The number of nitrogens with zero attached hydrogens (tertiary/aromatic N) is 1. The Bertz CT molecular complexity index is 975. The summed E-state index contributed by atoms with van der Waals surface area (Å²) in [5.74, 6) is -0.0824. The number of aromatic nitrogens is 1. The van der Waals surface area contributed by atoms with Crippen LogP contribution in [0.15, 0.2) is 44.9 Å².